The van der Waals surface area contributed by atoms with E-state index in [4.69, 9.17) is 34.5 Å². The zero-order valence-electron chi connectivity index (χ0n) is 22.5. The van der Waals surface area contributed by atoms with Crippen molar-refractivity contribution in [3.05, 3.63) is 25.3 Å². The Morgan fingerprint density at radius 1 is 1.00 bits per heavy atom. The van der Waals surface area contributed by atoms with Gasteiger partial charge in [-0.05, 0) is 0 Å². The summed E-state index contributed by atoms with van der Waals surface area (Å²) < 4.78 is 60.0. The van der Waals surface area contributed by atoms with Crippen LogP contribution < -0.4 is 11.5 Å². The Morgan fingerprint density at radius 2 is 1.59 bits per heavy atom. The van der Waals surface area contributed by atoms with E-state index in [0.29, 0.717) is 17.5 Å². The molecule has 0 radical (unpaired) electrons. The Kier molecular flexibility index (Phi) is 8.80. The van der Waals surface area contributed by atoms with Crippen molar-refractivity contribution in [2.24, 2.45) is 5.92 Å². The van der Waals surface area contributed by atoms with Crippen LogP contribution >= 0.6 is 28.5 Å². The van der Waals surface area contributed by atoms with Gasteiger partial charge in [0.25, 0.3) is 0 Å². The largest absolute Gasteiger partial charge is 0.390 e. The number of aromatic nitrogens is 8. The molecular weight excluding hydrogens is 645 g/mol. The van der Waals surface area contributed by atoms with Crippen molar-refractivity contribution in [2.75, 3.05) is 24.7 Å². The van der Waals surface area contributed by atoms with Crippen LogP contribution in [0.1, 0.15) is 18.9 Å². The molecule has 2 aliphatic rings. The average molecular weight is 673 g/mol. The number of carbonyl (C=O) groups excluding carboxylic acids is 1. The quantitative estimate of drug-likeness (QED) is 0.0977. The maximum atomic E-state index is 15.9. The number of thiol groups is 1. The first-order valence-electron chi connectivity index (χ1n) is 13.0. The molecule has 0 aromatic carbocycles. The number of aliphatic hydroxyl groups excluding tert-OH is 1. The summed E-state index contributed by atoms with van der Waals surface area (Å²) in [6, 6.07) is 0. The topological polar surface area (TPSA) is 240 Å². The highest BCUT2D eigenvalue weighted by Crippen LogP contribution is 2.57. The van der Waals surface area contributed by atoms with Gasteiger partial charge in [-0.15, -0.1) is 0 Å². The van der Waals surface area contributed by atoms with Crippen LogP contribution in [0, 0.1) is 5.92 Å². The van der Waals surface area contributed by atoms with Crippen LogP contribution in [-0.2, 0) is 32.4 Å². The third-order valence-corrected chi connectivity index (χ3v) is 9.18. The SMILES string of the molecule is Nc1ncnc2c1ncn2[C@@H]1O[C@H](COP)[C@@H](O[P@](=O)(S)OC[C@H]2O[C@@H](n3cnc4c(N)ncnc43)[C@H](CC=O)[C@@H]2O)[C@H]1F. The molecule has 2 saturated heterocycles. The third kappa shape index (κ3) is 5.65. The fourth-order valence-electron chi connectivity index (χ4n) is 5.32. The van der Waals surface area contributed by atoms with Crippen molar-refractivity contribution < 1.29 is 41.9 Å². The maximum absolute atomic E-state index is 15.9. The zero-order chi connectivity index (χ0) is 31.2. The van der Waals surface area contributed by atoms with Crippen molar-refractivity contribution in [3.8, 4) is 0 Å². The first-order chi connectivity index (χ1) is 21.1. The molecule has 18 nitrogen and oxygen atoms in total. The van der Waals surface area contributed by atoms with E-state index in [0.717, 1.165) is 0 Å². The molecule has 0 saturated carbocycles. The van der Waals surface area contributed by atoms with E-state index in [-0.39, 0.29) is 35.8 Å². The van der Waals surface area contributed by atoms with E-state index in [1.807, 2.05) is 9.47 Å². The van der Waals surface area contributed by atoms with Gasteiger partial charge in [-0.3, -0.25) is 18.2 Å². The molecule has 6 heterocycles. The lowest BCUT2D eigenvalue weighted by molar-refractivity contribution is -0.110. The molecule has 236 valence electrons. The van der Waals surface area contributed by atoms with Crippen LogP contribution in [-0.4, -0.2) is 94.2 Å². The number of nitrogens with zero attached hydrogens (tertiary/aromatic N) is 8. The van der Waals surface area contributed by atoms with Crippen molar-refractivity contribution in [1.29, 1.82) is 0 Å². The number of fused-ring (bicyclic) bond motifs is 2. The van der Waals surface area contributed by atoms with Crippen molar-refractivity contribution in [3.63, 3.8) is 0 Å². The Labute approximate surface area is 255 Å². The van der Waals surface area contributed by atoms with Gasteiger partial charge in [0.05, 0.1) is 32.0 Å². The number of aldehydes is 1. The highest BCUT2D eigenvalue weighted by molar-refractivity contribution is 8.44. The van der Waals surface area contributed by atoms with Gasteiger partial charge >= 0.3 is 6.80 Å². The lowest BCUT2D eigenvalue weighted by Gasteiger charge is -2.24. The molecule has 44 heavy (non-hydrogen) atoms. The molecule has 0 aliphatic carbocycles. The van der Waals surface area contributed by atoms with Crippen LogP contribution in [0.25, 0.3) is 22.3 Å². The summed E-state index contributed by atoms with van der Waals surface area (Å²) >= 11 is 4.04. The van der Waals surface area contributed by atoms with Gasteiger partial charge in [0.2, 0.25) is 0 Å². The Bertz CT molecular complexity index is 1720. The number of hydrogen-bond acceptors (Lipinski definition) is 16. The van der Waals surface area contributed by atoms with Crippen LogP contribution in [0.2, 0.25) is 0 Å². The minimum absolute atomic E-state index is 0.0852. The number of anilines is 2. The summed E-state index contributed by atoms with van der Waals surface area (Å²) in [7, 11) is 2.02. The van der Waals surface area contributed by atoms with Gasteiger partial charge in [0.1, 0.15) is 54.5 Å². The van der Waals surface area contributed by atoms with E-state index in [2.05, 4.69) is 42.2 Å². The summed E-state index contributed by atoms with van der Waals surface area (Å²) in [5.74, 6) is -0.512. The van der Waals surface area contributed by atoms with Crippen LogP contribution in [0.4, 0.5) is 16.0 Å². The lowest BCUT2D eigenvalue weighted by Crippen LogP contribution is -2.34. The average Bonchev–Trinajstić information content (AvgIpc) is 3.75. The number of imidazole rings is 2. The fraction of sp³-hybridized carbons (Fsp3) is 0.500. The van der Waals surface area contributed by atoms with Gasteiger partial charge in [-0.2, -0.15) is 0 Å². The molecule has 22 heteroatoms. The number of rotatable bonds is 11. The van der Waals surface area contributed by atoms with Gasteiger partial charge in [0.15, 0.2) is 35.3 Å². The summed E-state index contributed by atoms with van der Waals surface area (Å²) in [5.41, 5.74) is 12.8. The number of hydrogen-bond donors (Lipinski definition) is 4. The van der Waals surface area contributed by atoms with Crippen molar-refractivity contribution >= 4 is 68.8 Å². The van der Waals surface area contributed by atoms with E-state index in [1.165, 1.54) is 34.4 Å². The predicted octanol–water partition coefficient (Wildman–Crippen LogP) is 0.776. The Hall–Kier alpha value is -2.93. The van der Waals surface area contributed by atoms with Gasteiger partial charge < -0.3 is 35.4 Å². The van der Waals surface area contributed by atoms with E-state index < -0.39 is 62.4 Å². The van der Waals surface area contributed by atoms with E-state index in [1.54, 1.807) is 0 Å². The third-order valence-electron chi connectivity index (χ3n) is 7.38. The molecule has 5 N–H and O–H groups in total. The minimum Gasteiger partial charge on any atom is -0.390 e. The molecule has 0 amide bonds. The summed E-state index contributed by atoms with van der Waals surface area (Å²) in [5, 5.41) is 11.0. The second kappa shape index (κ2) is 12.5. The van der Waals surface area contributed by atoms with Crippen molar-refractivity contribution in [2.45, 2.75) is 49.5 Å². The molecule has 0 bridgehead atoms. The second-order valence-electron chi connectivity index (χ2n) is 9.97. The monoisotopic (exact) mass is 672 g/mol. The highest BCUT2D eigenvalue weighted by atomic mass is 32.7. The number of ether oxygens (including phenoxy) is 2. The molecule has 2 aliphatic heterocycles. The van der Waals surface area contributed by atoms with Gasteiger partial charge in [-0.25, -0.2) is 38.9 Å². The van der Waals surface area contributed by atoms with Gasteiger partial charge in [-0.1, -0.05) is 12.2 Å². The number of alkyl halides is 1. The van der Waals surface area contributed by atoms with Gasteiger partial charge in [0, 0.05) is 21.8 Å². The van der Waals surface area contributed by atoms with Crippen LogP contribution in [0.15, 0.2) is 25.3 Å². The fourth-order valence-corrected chi connectivity index (χ4v) is 6.99. The summed E-state index contributed by atoms with van der Waals surface area (Å²) in [4.78, 5) is 35.8. The highest BCUT2D eigenvalue weighted by Gasteiger charge is 2.51. The van der Waals surface area contributed by atoms with Crippen LogP contribution in [0.5, 0.6) is 0 Å². The second-order valence-corrected chi connectivity index (χ2v) is 13.2. The first-order valence-corrected chi connectivity index (χ1v) is 16.2. The predicted molar refractivity (Wildman–Crippen MR) is 155 cm³/mol. The van der Waals surface area contributed by atoms with E-state index in [9.17, 15) is 14.5 Å². The van der Waals surface area contributed by atoms with Crippen molar-refractivity contribution in [1.82, 2.24) is 39.0 Å². The molecule has 10 atom stereocenters. The molecular formula is C22H27FN10O8P2S. The van der Waals surface area contributed by atoms with Crippen LogP contribution in [0.3, 0.4) is 0 Å². The molecule has 0 spiro atoms. The smallest absolute Gasteiger partial charge is 0.386 e. The number of nitrogens with two attached hydrogens (primary N) is 2. The van der Waals surface area contributed by atoms with E-state index >= 15 is 4.39 Å². The number of aliphatic hydroxyl groups is 1. The summed E-state index contributed by atoms with van der Waals surface area (Å²) in [6.07, 6.45) is -3.27. The maximum Gasteiger partial charge on any atom is 0.386 e. The summed E-state index contributed by atoms with van der Waals surface area (Å²) in [6.45, 7) is -4.96. The zero-order valence-corrected chi connectivity index (χ0v) is 25.5. The minimum atomic E-state index is -4.31. The Balaban J connectivity index is 1.17. The molecule has 4 aromatic heterocycles. The molecule has 6 rings (SSSR count). The molecule has 4 aromatic rings. The Morgan fingerprint density at radius 3 is 2.18 bits per heavy atom. The number of nitrogen functional groups attached to an aromatic ring is 2. The number of carbonyl (C=O) groups is 1. The normalized spacial score (nSPS) is 30.3. The first kappa shape index (κ1) is 31.1. The molecule has 1 unspecified atom stereocenters. The molecule has 2 fully saturated rings. The standard InChI is InChI=1S/C22H27FN10O8P2S/c23-12-16(11(3-37-42)40-22(12)33-8-31-14-18(25)27-6-29-20(14)33)41-43(36,44)38-4-10-15(35)9(1-2-34)21(39-10)32-7-30-13-17(24)26-5-28-19(13)32/h2,5-12,15-16,21-22,35H,1,3-4,42H2,(H,36,44)(H2,24,26,28)(H2,25,27,29)/t9-,10-,11-,12-,15+,16-,21-,22-,43-/m1/s1. The number of halogens is 1. The lowest BCUT2D eigenvalue weighted by atomic mass is 9.97.